The molecule has 2 aromatic rings. The molecule has 0 aromatic heterocycles. The zero-order chi connectivity index (χ0) is 19.5. The van der Waals surface area contributed by atoms with Crippen molar-refractivity contribution in [3.63, 3.8) is 0 Å². The largest absolute Gasteiger partial charge is 0.494 e. The number of benzene rings is 2. The highest BCUT2D eigenvalue weighted by Gasteiger charge is 2.08. The molecule has 0 bridgehead atoms. The number of hydrogen-bond acceptors (Lipinski definition) is 4. The maximum absolute atomic E-state index is 12.0. The van der Waals surface area contributed by atoms with Crippen molar-refractivity contribution in [1.29, 1.82) is 0 Å². The van der Waals surface area contributed by atoms with Crippen LogP contribution < -0.4 is 24.8 Å². The van der Waals surface area contributed by atoms with Gasteiger partial charge in [0.2, 0.25) is 0 Å². The summed E-state index contributed by atoms with van der Waals surface area (Å²) in [5.41, 5.74) is 1.85. The van der Waals surface area contributed by atoms with Gasteiger partial charge in [-0.05, 0) is 51.5 Å². The average Bonchev–Trinajstić information content (AvgIpc) is 2.65. The predicted octanol–water partition coefficient (Wildman–Crippen LogP) is 4.38. The molecule has 0 aliphatic carbocycles. The maximum Gasteiger partial charge on any atom is 0.319 e. The Bertz CT molecular complexity index is 717. The molecule has 2 aromatic carbocycles. The zero-order valence-electron chi connectivity index (χ0n) is 16.2. The van der Waals surface area contributed by atoms with E-state index in [1.54, 1.807) is 18.2 Å². The van der Waals surface area contributed by atoms with E-state index in [4.69, 9.17) is 14.2 Å². The first kappa shape index (κ1) is 20.4. The molecule has 6 heteroatoms. The van der Waals surface area contributed by atoms with Crippen LogP contribution in [0, 0.1) is 6.92 Å². The van der Waals surface area contributed by atoms with Gasteiger partial charge in [0.25, 0.3) is 0 Å². The van der Waals surface area contributed by atoms with Crippen LogP contribution in [0.3, 0.4) is 0 Å². The number of amides is 2. The number of ether oxygens (including phenoxy) is 3. The fourth-order valence-electron chi connectivity index (χ4n) is 2.40. The summed E-state index contributed by atoms with van der Waals surface area (Å²) in [6.45, 7) is 8.00. The monoisotopic (exact) mass is 372 g/mol. The molecule has 6 nitrogen and oxygen atoms in total. The second kappa shape index (κ2) is 11.0. The van der Waals surface area contributed by atoms with Gasteiger partial charge in [-0.25, -0.2) is 4.79 Å². The van der Waals surface area contributed by atoms with Crippen molar-refractivity contribution < 1.29 is 19.0 Å². The van der Waals surface area contributed by atoms with Gasteiger partial charge in [0.1, 0.15) is 5.75 Å². The third-order valence-electron chi connectivity index (χ3n) is 3.70. The van der Waals surface area contributed by atoms with Gasteiger partial charge in [0.15, 0.2) is 11.5 Å². The molecule has 0 radical (unpaired) electrons. The van der Waals surface area contributed by atoms with Crippen molar-refractivity contribution in [3.05, 3.63) is 48.0 Å². The standard InChI is InChI=1S/C21H28N2O4/c1-4-25-19-12-9-17(15-20(19)26-5-2)23-21(24)22-13-6-14-27-18-10-7-16(3)8-11-18/h7-12,15H,4-6,13-14H2,1-3H3,(H2,22,23,24). The van der Waals surface area contributed by atoms with E-state index < -0.39 is 0 Å². The summed E-state index contributed by atoms with van der Waals surface area (Å²) in [5.74, 6) is 2.12. The molecule has 0 aliphatic rings. The van der Waals surface area contributed by atoms with Crippen molar-refractivity contribution >= 4 is 11.7 Å². The number of rotatable bonds is 10. The smallest absolute Gasteiger partial charge is 0.319 e. The van der Waals surface area contributed by atoms with Crippen LogP contribution in [-0.4, -0.2) is 32.4 Å². The van der Waals surface area contributed by atoms with E-state index in [0.29, 0.717) is 43.6 Å². The first-order valence-electron chi connectivity index (χ1n) is 9.26. The summed E-state index contributed by atoms with van der Waals surface area (Å²) >= 11 is 0. The minimum Gasteiger partial charge on any atom is -0.494 e. The second-order valence-electron chi connectivity index (χ2n) is 5.92. The lowest BCUT2D eigenvalue weighted by Gasteiger charge is -2.13. The number of carbonyl (C=O) groups is 1. The Labute approximate surface area is 160 Å². The predicted molar refractivity (Wildman–Crippen MR) is 107 cm³/mol. The Kier molecular flexibility index (Phi) is 8.29. The summed E-state index contributed by atoms with van der Waals surface area (Å²) in [6, 6.07) is 13.0. The summed E-state index contributed by atoms with van der Waals surface area (Å²) in [4.78, 5) is 12.0. The molecule has 0 atom stereocenters. The van der Waals surface area contributed by atoms with Gasteiger partial charge >= 0.3 is 6.03 Å². The first-order valence-corrected chi connectivity index (χ1v) is 9.26. The van der Waals surface area contributed by atoms with E-state index in [1.165, 1.54) is 5.56 Å². The molecule has 0 aliphatic heterocycles. The van der Waals surface area contributed by atoms with E-state index in [1.807, 2.05) is 45.0 Å². The van der Waals surface area contributed by atoms with Crippen LogP contribution in [0.1, 0.15) is 25.8 Å². The maximum atomic E-state index is 12.0. The zero-order valence-corrected chi connectivity index (χ0v) is 16.2. The molecular formula is C21H28N2O4. The topological polar surface area (TPSA) is 68.8 Å². The molecule has 2 N–H and O–H groups in total. The van der Waals surface area contributed by atoms with E-state index in [2.05, 4.69) is 10.6 Å². The van der Waals surface area contributed by atoms with E-state index in [-0.39, 0.29) is 6.03 Å². The molecule has 27 heavy (non-hydrogen) atoms. The van der Waals surface area contributed by atoms with Crippen LogP contribution in [0.2, 0.25) is 0 Å². The third-order valence-corrected chi connectivity index (χ3v) is 3.70. The lowest BCUT2D eigenvalue weighted by molar-refractivity contribution is 0.250. The van der Waals surface area contributed by atoms with Crippen molar-refractivity contribution in [2.24, 2.45) is 0 Å². The van der Waals surface area contributed by atoms with Gasteiger partial charge < -0.3 is 24.8 Å². The van der Waals surface area contributed by atoms with Gasteiger partial charge in [-0.3, -0.25) is 0 Å². The number of anilines is 1. The molecule has 0 saturated carbocycles. The van der Waals surface area contributed by atoms with Crippen molar-refractivity contribution in [1.82, 2.24) is 5.32 Å². The summed E-state index contributed by atoms with van der Waals surface area (Å²) in [7, 11) is 0. The van der Waals surface area contributed by atoms with Crippen molar-refractivity contribution in [3.8, 4) is 17.2 Å². The number of nitrogens with one attached hydrogen (secondary N) is 2. The molecule has 0 spiro atoms. The fourth-order valence-corrected chi connectivity index (χ4v) is 2.40. The lowest BCUT2D eigenvalue weighted by Crippen LogP contribution is -2.30. The van der Waals surface area contributed by atoms with Gasteiger partial charge in [-0.2, -0.15) is 0 Å². The quantitative estimate of drug-likeness (QED) is 0.607. The average molecular weight is 372 g/mol. The minimum atomic E-state index is -0.267. The van der Waals surface area contributed by atoms with Crippen LogP contribution >= 0.6 is 0 Å². The SMILES string of the molecule is CCOc1ccc(NC(=O)NCCCOc2ccc(C)cc2)cc1OCC. The second-order valence-corrected chi connectivity index (χ2v) is 5.92. The highest BCUT2D eigenvalue weighted by molar-refractivity contribution is 5.89. The third kappa shape index (κ3) is 7.09. The Morgan fingerprint density at radius 1 is 0.926 bits per heavy atom. The summed E-state index contributed by atoms with van der Waals surface area (Å²) in [6.07, 6.45) is 0.717. The first-order chi connectivity index (χ1) is 13.1. The Morgan fingerprint density at radius 3 is 2.33 bits per heavy atom. The minimum absolute atomic E-state index is 0.267. The normalized spacial score (nSPS) is 10.2. The Hall–Kier alpha value is -2.89. The number of carbonyl (C=O) groups excluding carboxylic acids is 1. The van der Waals surface area contributed by atoms with E-state index in [0.717, 1.165) is 12.2 Å². The van der Waals surface area contributed by atoms with Crippen molar-refractivity contribution in [2.75, 3.05) is 31.7 Å². The molecule has 0 fully saturated rings. The van der Waals surface area contributed by atoms with Crippen molar-refractivity contribution in [2.45, 2.75) is 27.2 Å². The van der Waals surface area contributed by atoms with E-state index >= 15 is 0 Å². The van der Waals surface area contributed by atoms with E-state index in [9.17, 15) is 4.79 Å². The van der Waals surface area contributed by atoms with Gasteiger partial charge in [0.05, 0.1) is 19.8 Å². The molecule has 146 valence electrons. The van der Waals surface area contributed by atoms with Crippen LogP contribution in [0.5, 0.6) is 17.2 Å². The molecule has 0 heterocycles. The van der Waals surface area contributed by atoms with Gasteiger partial charge in [0, 0.05) is 18.3 Å². The fraction of sp³-hybridized carbons (Fsp3) is 0.381. The van der Waals surface area contributed by atoms with Crippen LogP contribution in [-0.2, 0) is 0 Å². The summed E-state index contributed by atoms with van der Waals surface area (Å²) < 4.78 is 16.7. The molecule has 0 saturated heterocycles. The Balaban J connectivity index is 1.73. The van der Waals surface area contributed by atoms with Gasteiger partial charge in [-0.15, -0.1) is 0 Å². The Morgan fingerprint density at radius 2 is 1.63 bits per heavy atom. The molecule has 2 rings (SSSR count). The highest BCUT2D eigenvalue weighted by atomic mass is 16.5. The van der Waals surface area contributed by atoms with Crippen LogP contribution in [0.15, 0.2) is 42.5 Å². The molecule has 0 unspecified atom stereocenters. The molecule has 2 amide bonds. The molecular weight excluding hydrogens is 344 g/mol. The highest BCUT2D eigenvalue weighted by Crippen LogP contribution is 2.30. The van der Waals surface area contributed by atoms with Crippen LogP contribution in [0.25, 0.3) is 0 Å². The van der Waals surface area contributed by atoms with Gasteiger partial charge in [-0.1, -0.05) is 17.7 Å². The van der Waals surface area contributed by atoms with Crippen LogP contribution in [0.4, 0.5) is 10.5 Å². The summed E-state index contributed by atoms with van der Waals surface area (Å²) in [5, 5.41) is 5.61. The lowest BCUT2D eigenvalue weighted by atomic mass is 10.2. The number of urea groups is 1. The number of aryl methyl sites for hydroxylation is 1. The number of hydrogen-bond donors (Lipinski definition) is 2.